The maximum Gasteiger partial charge on any atom is 0.226 e. The lowest BCUT2D eigenvalue weighted by Crippen LogP contribution is -2.25. The van der Waals surface area contributed by atoms with Gasteiger partial charge in [-0.3, -0.25) is 4.79 Å². The Morgan fingerprint density at radius 2 is 2.06 bits per heavy atom. The molecule has 3 heterocycles. The van der Waals surface area contributed by atoms with Crippen LogP contribution in [0.25, 0.3) is 15.3 Å². The summed E-state index contributed by atoms with van der Waals surface area (Å²) < 4.78 is 14.6. The van der Waals surface area contributed by atoms with Crippen LogP contribution in [0.4, 0.5) is 5.82 Å². The number of thiazole rings is 1. The third-order valence-electron chi connectivity index (χ3n) is 5.92. The van der Waals surface area contributed by atoms with Crippen LogP contribution in [-0.2, 0) is 4.79 Å². The van der Waals surface area contributed by atoms with E-state index in [1.54, 1.807) is 23.1 Å². The van der Waals surface area contributed by atoms with Crippen molar-refractivity contribution in [1.82, 2.24) is 14.8 Å². The number of nitrogens with one attached hydrogen (secondary N) is 1. The lowest BCUT2D eigenvalue weighted by atomic mass is 9.85. The number of fused-ring (bicyclic) bond motifs is 2. The third-order valence-corrected chi connectivity index (χ3v) is 6.93. The number of aryl methyl sites for hydroxylation is 1. The molecule has 5 rings (SSSR count). The minimum atomic E-state index is -0.191. The molecule has 0 radical (unpaired) electrons. The first kappa shape index (κ1) is 21.5. The Kier molecular flexibility index (Phi) is 5.76. The van der Waals surface area contributed by atoms with Crippen LogP contribution in [0.5, 0.6) is 11.5 Å². The molecule has 2 aromatic carbocycles. The number of carbonyl (C=O) groups excluding carboxylic acids is 1. The number of rotatable bonds is 7. The first-order chi connectivity index (χ1) is 16.1. The van der Waals surface area contributed by atoms with Gasteiger partial charge in [0.25, 0.3) is 0 Å². The van der Waals surface area contributed by atoms with E-state index in [2.05, 4.69) is 12.2 Å². The molecule has 33 heavy (non-hydrogen) atoms. The van der Waals surface area contributed by atoms with Crippen LogP contribution < -0.4 is 14.8 Å². The average Bonchev–Trinajstić information content (AvgIpc) is 3.39. The summed E-state index contributed by atoms with van der Waals surface area (Å²) in [5.41, 5.74) is 3.70. The number of aromatic nitrogens is 3. The van der Waals surface area contributed by atoms with E-state index in [9.17, 15) is 4.79 Å². The molecule has 0 fully saturated rings. The average molecular weight is 463 g/mol. The standard InChI is InChI=1S/C25H26N4O3S/c1-4-5-13-32-23-16(9-8-11-19(23)31-3)17-14-21(30)27-24-22(17)15(2)28-29(24)25-26-18-10-6-7-12-20(18)33-25/h6-12,17H,4-5,13-14H2,1-3H3,(H,27,30)/t17-/m1/s1. The van der Waals surface area contributed by atoms with Gasteiger partial charge in [-0.15, -0.1) is 0 Å². The molecule has 1 amide bonds. The molecule has 7 nitrogen and oxygen atoms in total. The van der Waals surface area contributed by atoms with Crippen molar-refractivity contribution in [1.29, 1.82) is 0 Å². The van der Waals surface area contributed by atoms with Crippen molar-refractivity contribution in [3.8, 4) is 16.6 Å². The number of nitrogens with zero attached hydrogens (tertiary/aromatic N) is 3. The van der Waals surface area contributed by atoms with Gasteiger partial charge in [-0.2, -0.15) is 9.78 Å². The van der Waals surface area contributed by atoms with Gasteiger partial charge in [-0.05, 0) is 31.5 Å². The van der Waals surface area contributed by atoms with E-state index in [4.69, 9.17) is 19.6 Å². The largest absolute Gasteiger partial charge is 0.493 e. The molecule has 4 aromatic rings. The number of anilines is 1. The van der Waals surface area contributed by atoms with Crippen molar-refractivity contribution in [2.75, 3.05) is 19.0 Å². The van der Waals surface area contributed by atoms with Crippen LogP contribution in [0, 0.1) is 6.92 Å². The second-order valence-electron chi connectivity index (χ2n) is 8.11. The molecular weight excluding hydrogens is 436 g/mol. The van der Waals surface area contributed by atoms with Gasteiger partial charge in [0.1, 0.15) is 5.82 Å². The molecule has 0 spiro atoms. The van der Waals surface area contributed by atoms with Crippen LogP contribution in [0.15, 0.2) is 42.5 Å². The van der Waals surface area contributed by atoms with Crippen molar-refractivity contribution in [2.45, 2.75) is 39.0 Å². The summed E-state index contributed by atoms with van der Waals surface area (Å²) >= 11 is 1.55. The molecule has 0 saturated heterocycles. The summed E-state index contributed by atoms with van der Waals surface area (Å²) in [7, 11) is 1.64. The normalized spacial score (nSPS) is 15.4. The smallest absolute Gasteiger partial charge is 0.226 e. The summed E-state index contributed by atoms with van der Waals surface area (Å²) in [6.45, 7) is 4.70. The Bertz CT molecular complexity index is 1290. The third kappa shape index (κ3) is 3.84. The Morgan fingerprint density at radius 3 is 2.85 bits per heavy atom. The van der Waals surface area contributed by atoms with E-state index in [0.717, 1.165) is 45.0 Å². The quantitative estimate of drug-likeness (QED) is 0.370. The highest BCUT2D eigenvalue weighted by Crippen LogP contribution is 2.46. The van der Waals surface area contributed by atoms with Gasteiger partial charge in [0.2, 0.25) is 11.0 Å². The minimum Gasteiger partial charge on any atom is -0.493 e. The second-order valence-corrected chi connectivity index (χ2v) is 9.12. The maximum absolute atomic E-state index is 12.9. The number of amides is 1. The zero-order valence-electron chi connectivity index (χ0n) is 18.9. The van der Waals surface area contributed by atoms with Crippen molar-refractivity contribution >= 4 is 33.3 Å². The Labute approximate surface area is 196 Å². The van der Waals surface area contributed by atoms with Gasteiger partial charge in [0, 0.05) is 23.5 Å². The lowest BCUT2D eigenvalue weighted by molar-refractivity contribution is -0.116. The van der Waals surface area contributed by atoms with Crippen molar-refractivity contribution in [3.63, 3.8) is 0 Å². The molecule has 1 atom stereocenters. The van der Waals surface area contributed by atoms with Crippen LogP contribution in [-0.4, -0.2) is 34.4 Å². The maximum atomic E-state index is 12.9. The van der Waals surface area contributed by atoms with E-state index in [1.165, 1.54) is 0 Å². The fourth-order valence-corrected chi connectivity index (χ4v) is 5.27. The molecule has 2 aromatic heterocycles. The zero-order valence-corrected chi connectivity index (χ0v) is 19.7. The van der Waals surface area contributed by atoms with Crippen molar-refractivity contribution in [2.24, 2.45) is 0 Å². The molecule has 8 heteroatoms. The SMILES string of the molecule is CCCCOc1c(OC)cccc1[C@H]1CC(=O)Nc2c1c(C)nn2-c1nc2ccccc2s1. The van der Waals surface area contributed by atoms with Crippen LogP contribution in [0.3, 0.4) is 0 Å². The van der Waals surface area contributed by atoms with Crippen LogP contribution >= 0.6 is 11.3 Å². The number of para-hydroxylation sites is 2. The number of ether oxygens (including phenoxy) is 2. The first-order valence-electron chi connectivity index (χ1n) is 11.2. The fraction of sp³-hybridized carbons (Fsp3) is 0.320. The van der Waals surface area contributed by atoms with Crippen LogP contribution in [0.2, 0.25) is 0 Å². The number of hydrogen-bond acceptors (Lipinski definition) is 6. The van der Waals surface area contributed by atoms with E-state index in [-0.39, 0.29) is 11.8 Å². The second kappa shape index (κ2) is 8.86. The van der Waals surface area contributed by atoms with E-state index >= 15 is 0 Å². The monoisotopic (exact) mass is 462 g/mol. The molecule has 1 aliphatic heterocycles. The number of benzene rings is 2. The highest BCUT2D eigenvalue weighted by molar-refractivity contribution is 7.20. The summed E-state index contributed by atoms with van der Waals surface area (Å²) in [6, 6.07) is 13.8. The van der Waals surface area contributed by atoms with E-state index in [1.807, 2.05) is 49.4 Å². The van der Waals surface area contributed by atoms with E-state index < -0.39 is 0 Å². The molecule has 0 bridgehead atoms. The Balaban J connectivity index is 1.63. The summed E-state index contributed by atoms with van der Waals surface area (Å²) in [5.74, 6) is 1.80. The lowest BCUT2D eigenvalue weighted by Gasteiger charge is -2.26. The van der Waals surface area contributed by atoms with Gasteiger partial charge >= 0.3 is 0 Å². The fourth-order valence-electron chi connectivity index (χ4n) is 4.34. The van der Waals surface area contributed by atoms with E-state index in [0.29, 0.717) is 30.3 Å². The Hall–Kier alpha value is -3.39. The van der Waals surface area contributed by atoms with Gasteiger partial charge in [0.15, 0.2) is 11.5 Å². The number of unbranched alkanes of at least 4 members (excludes halogenated alkanes) is 1. The van der Waals surface area contributed by atoms with Gasteiger partial charge in [0.05, 0.1) is 29.6 Å². The molecule has 170 valence electrons. The summed E-state index contributed by atoms with van der Waals surface area (Å²) in [5, 5.41) is 8.57. The predicted octanol–water partition coefficient (Wildman–Crippen LogP) is 5.45. The zero-order chi connectivity index (χ0) is 22.9. The molecule has 0 unspecified atom stereocenters. The summed E-state index contributed by atoms with van der Waals surface area (Å²) in [6.07, 6.45) is 2.30. The minimum absolute atomic E-state index is 0.0583. The highest BCUT2D eigenvalue weighted by atomic mass is 32.1. The van der Waals surface area contributed by atoms with Crippen LogP contribution in [0.1, 0.15) is 48.9 Å². The molecule has 1 aliphatic rings. The highest BCUT2D eigenvalue weighted by Gasteiger charge is 2.35. The molecule has 0 aliphatic carbocycles. The Morgan fingerprint density at radius 1 is 1.21 bits per heavy atom. The molecule has 1 N–H and O–H groups in total. The topological polar surface area (TPSA) is 78.3 Å². The van der Waals surface area contributed by atoms with Gasteiger partial charge in [-0.25, -0.2) is 4.98 Å². The van der Waals surface area contributed by atoms with Crippen molar-refractivity contribution < 1.29 is 14.3 Å². The predicted molar refractivity (Wildman–Crippen MR) is 130 cm³/mol. The number of hydrogen-bond donors (Lipinski definition) is 1. The summed E-state index contributed by atoms with van der Waals surface area (Å²) in [4.78, 5) is 17.6. The number of carbonyl (C=O) groups is 1. The van der Waals surface area contributed by atoms with Gasteiger partial charge < -0.3 is 14.8 Å². The van der Waals surface area contributed by atoms with Crippen molar-refractivity contribution in [3.05, 3.63) is 59.3 Å². The number of methoxy groups -OCH3 is 1. The van der Waals surface area contributed by atoms with Gasteiger partial charge in [-0.1, -0.05) is 48.9 Å². The molecular formula is C25H26N4O3S. The molecule has 0 saturated carbocycles. The first-order valence-corrected chi connectivity index (χ1v) is 12.0.